The Labute approximate surface area is 128 Å². The minimum Gasteiger partial charge on any atom is -0.373 e. The SMILES string of the molecule is CNc1ccc(Cl)c(CN2CCc3sccc3C2C)n1. The van der Waals surface area contributed by atoms with E-state index in [1.165, 1.54) is 10.4 Å². The summed E-state index contributed by atoms with van der Waals surface area (Å²) >= 11 is 8.15. The van der Waals surface area contributed by atoms with Gasteiger partial charge in [-0.15, -0.1) is 11.3 Å². The van der Waals surface area contributed by atoms with Gasteiger partial charge in [0.2, 0.25) is 0 Å². The molecule has 0 aromatic carbocycles. The second-order valence-corrected chi connectivity index (χ2v) is 6.48. The van der Waals surface area contributed by atoms with Crippen molar-refractivity contribution in [2.45, 2.75) is 25.9 Å². The predicted octanol–water partition coefficient (Wildman–Crippen LogP) is 3.96. The molecule has 5 heteroatoms. The molecule has 1 unspecified atom stereocenters. The van der Waals surface area contributed by atoms with Crippen LogP contribution >= 0.6 is 22.9 Å². The van der Waals surface area contributed by atoms with E-state index in [1.54, 1.807) is 0 Å². The first-order chi connectivity index (χ1) is 9.69. The molecule has 0 spiro atoms. The van der Waals surface area contributed by atoms with E-state index >= 15 is 0 Å². The van der Waals surface area contributed by atoms with Gasteiger partial charge in [0.25, 0.3) is 0 Å². The lowest BCUT2D eigenvalue weighted by Crippen LogP contribution is -2.33. The number of hydrogen-bond donors (Lipinski definition) is 1. The third-order valence-electron chi connectivity index (χ3n) is 3.93. The van der Waals surface area contributed by atoms with Crippen LogP contribution in [0, 0.1) is 0 Å². The highest BCUT2D eigenvalue weighted by atomic mass is 35.5. The summed E-state index contributed by atoms with van der Waals surface area (Å²) in [6.45, 7) is 4.13. The summed E-state index contributed by atoms with van der Waals surface area (Å²) in [5, 5.41) is 6.00. The number of halogens is 1. The third kappa shape index (κ3) is 2.55. The van der Waals surface area contributed by atoms with E-state index in [4.69, 9.17) is 11.6 Å². The first-order valence-corrected chi connectivity index (χ1v) is 8.08. The standard InChI is InChI=1S/C15H18ClN3S/c1-10-11-6-8-20-14(11)5-7-19(10)9-13-12(16)3-4-15(17-2)18-13/h3-4,6,8,10H,5,7,9H2,1-2H3,(H,17,18). The van der Waals surface area contributed by atoms with Crippen LogP contribution in [-0.4, -0.2) is 23.5 Å². The highest BCUT2D eigenvalue weighted by molar-refractivity contribution is 7.10. The minimum absolute atomic E-state index is 0.432. The molecule has 2 aromatic heterocycles. The van der Waals surface area contributed by atoms with Crippen molar-refractivity contribution in [3.8, 4) is 0 Å². The van der Waals surface area contributed by atoms with Crippen LogP contribution in [0.4, 0.5) is 5.82 Å². The Bertz CT molecular complexity index is 611. The molecule has 0 bridgehead atoms. The number of hydrogen-bond acceptors (Lipinski definition) is 4. The number of thiophene rings is 1. The molecule has 0 saturated carbocycles. The second-order valence-electron chi connectivity index (χ2n) is 5.07. The van der Waals surface area contributed by atoms with E-state index in [2.05, 4.69) is 33.6 Å². The van der Waals surface area contributed by atoms with E-state index in [9.17, 15) is 0 Å². The average molecular weight is 308 g/mol. The van der Waals surface area contributed by atoms with E-state index in [-0.39, 0.29) is 0 Å². The Morgan fingerprint density at radius 3 is 3.10 bits per heavy atom. The maximum atomic E-state index is 6.28. The molecule has 1 aliphatic heterocycles. The molecule has 0 aliphatic carbocycles. The van der Waals surface area contributed by atoms with Crippen LogP contribution in [0.25, 0.3) is 0 Å². The normalized spacial score (nSPS) is 18.9. The van der Waals surface area contributed by atoms with E-state index in [0.29, 0.717) is 6.04 Å². The van der Waals surface area contributed by atoms with Gasteiger partial charge in [-0.3, -0.25) is 4.90 Å². The fraction of sp³-hybridized carbons (Fsp3) is 0.400. The van der Waals surface area contributed by atoms with Gasteiger partial charge in [-0.05, 0) is 42.5 Å². The van der Waals surface area contributed by atoms with Crippen molar-refractivity contribution < 1.29 is 0 Å². The van der Waals surface area contributed by atoms with Crippen molar-refractivity contribution in [2.24, 2.45) is 0 Å². The van der Waals surface area contributed by atoms with Crippen molar-refractivity contribution in [1.29, 1.82) is 0 Å². The van der Waals surface area contributed by atoms with Gasteiger partial charge in [-0.25, -0.2) is 4.98 Å². The minimum atomic E-state index is 0.432. The molecule has 3 heterocycles. The van der Waals surface area contributed by atoms with Gasteiger partial charge in [-0.2, -0.15) is 0 Å². The number of anilines is 1. The molecule has 0 radical (unpaired) electrons. The van der Waals surface area contributed by atoms with Gasteiger partial charge in [0.15, 0.2) is 0 Å². The molecule has 0 amide bonds. The van der Waals surface area contributed by atoms with E-state index < -0.39 is 0 Å². The predicted molar refractivity (Wildman–Crippen MR) is 85.6 cm³/mol. The Hall–Kier alpha value is -1.10. The van der Waals surface area contributed by atoms with Crippen LogP contribution in [0.3, 0.4) is 0 Å². The molecular weight excluding hydrogens is 290 g/mol. The molecule has 0 fully saturated rings. The molecule has 0 saturated heterocycles. The van der Waals surface area contributed by atoms with Gasteiger partial charge in [-0.1, -0.05) is 11.6 Å². The van der Waals surface area contributed by atoms with Crippen molar-refractivity contribution in [1.82, 2.24) is 9.88 Å². The summed E-state index contributed by atoms with van der Waals surface area (Å²) in [6, 6.07) is 6.50. The highest BCUT2D eigenvalue weighted by Gasteiger charge is 2.25. The maximum Gasteiger partial charge on any atom is 0.126 e. The fourth-order valence-corrected chi connectivity index (χ4v) is 3.83. The van der Waals surface area contributed by atoms with Crippen molar-refractivity contribution in [3.05, 3.63) is 44.7 Å². The molecule has 3 nitrogen and oxygen atoms in total. The Morgan fingerprint density at radius 1 is 1.45 bits per heavy atom. The van der Waals surface area contributed by atoms with E-state index in [0.717, 1.165) is 36.0 Å². The number of pyridine rings is 1. The lowest BCUT2D eigenvalue weighted by molar-refractivity contribution is 0.189. The quantitative estimate of drug-likeness (QED) is 0.930. The summed E-state index contributed by atoms with van der Waals surface area (Å²) in [5.41, 5.74) is 2.41. The number of aromatic nitrogens is 1. The van der Waals surface area contributed by atoms with Crippen LogP contribution in [0.15, 0.2) is 23.6 Å². The van der Waals surface area contributed by atoms with Gasteiger partial charge in [0.1, 0.15) is 5.82 Å². The maximum absolute atomic E-state index is 6.28. The Balaban J connectivity index is 1.82. The molecule has 3 rings (SSSR count). The molecule has 2 aromatic rings. The molecule has 1 atom stereocenters. The monoisotopic (exact) mass is 307 g/mol. The first kappa shape index (κ1) is 13.9. The van der Waals surface area contributed by atoms with Crippen molar-refractivity contribution in [3.63, 3.8) is 0 Å². The Kier molecular flexibility index (Phi) is 3.96. The van der Waals surface area contributed by atoms with Gasteiger partial charge < -0.3 is 5.32 Å². The summed E-state index contributed by atoms with van der Waals surface area (Å²) in [7, 11) is 1.88. The molecule has 1 N–H and O–H groups in total. The van der Waals surface area contributed by atoms with Crippen LogP contribution in [0.5, 0.6) is 0 Å². The number of nitrogens with one attached hydrogen (secondary N) is 1. The number of rotatable bonds is 3. The van der Waals surface area contributed by atoms with E-state index in [1.807, 2.05) is 30.5 Å². The van der Waals surface area contributed by atoms with Crippen molar-refractivity contribution in [2.75, 3.05) is 18.9 Å². The summed E-state index contributed by atoms with van der Waals surface area (Å²) in [5.74, 6) is 0.866. The zero-order valence-electron chi connectivity index (χ0n) is 11.7. The van der Waals surface area contributed by atoms with Crippen molar-refractivity contribution >= 4 is 28.8 Å². The molecule has 1 aliphatic rings. The third-order valence-corrected chi connectivity index (χ3v) is 5.27. The van der Waals surface area contributed by atoms with Gasteiger partial charge >= 0.3 is 0 Å². The Morgan fingerprint density at radius 2 is 2.30 bits per heavy atom. The zero-order valence-corrected chi connectivity index (χ0v) is 13.3. The van der Waals surface area contributed by atoms with Crippen LogP contribution in [-0.2, 0) is 13.0 Å². The molecule has 106 valence electrons. The lowest BCUT2D eigenvalue weighted by Gasteiger charge is -2.33. The summed E-state index contributed by atoms with van der Waals surface area (Å²) < 4.78 is 0. The summed E-state index contributed by atoms with van der Waals surface area (Å²) in [4.78, 5) is 8.55. The van der Waals surface area contributed by atoms with Crippen LogP contribution < -0.4 is 5.32 Å². The first-order valence-electron chi connectivity index (χ1n) is 6.82. The van der Waals surface area contributed by atoms with Gasteiger partial charge in [0.05, 0.1) is 10.7 Å². The second kappa shape index (κ2) is 5.72. The highest BCUT2D eigenvalue weighted by Crippen LogP contribution is 2.34. The summed E-state index contributed by atoms with van der Waals surface area (Å²) in [6.07, 6.45) is 1.13. The van der Waals surface area contributed by atoms with Gasteiger partial charge in [0, 0.05) is 31.1 Å². The molecule has 20 heavy (non-hydrogen) atoms. The van der Waals surface area contributed by atoms with Crippen LogP contribution in [0.1, 0.15) is 29.1 Å². The number of fused-ring (bicyclic) bond motifs is 1. The topological polar surface area (TPSA) is 28.2 Å². The average Bonchev–Trinajstić information content (AvgIpc) is 2.93. The smallest absolute Gasteiger partial charge is 0.126 e. The number of nitrogens with zero attached hydrogens (tertiary/aromatic N) is 2. The van der Waals surface area contributed by atoms with Crippen LogP contribution in [0.2, 0.25) is 5.02 Å². The molecular formula is C15H18ClN3S. The zero-order chi connectivity index (χ0) is 14.1. The lowest BCUT2D eigenvalue weighted by atomic mass is 10.0. The largest absolute Gasteiger partial charge is 0.373 e. The fourth-order valence-electron chi connectivity index (χ4n) is 2.70.